The van der Waals surface area contributed by atoms with Gasteiger partial charge in [-0.25, -0.2) is 4.98 Å². The minimum Gasteiger partial charge on any atom is -0.335 e. The fraction of sp³-hybridized carbons (Fsp3) is 0.364. The molecule has 2 heterocycles. The Hall–Kier alpha value is -0.650. The highest BCUT2D eigenvalue weighted by molar-refractivity contribution is 9.10. The van der Waals surface area contributed by atoms with E-state index in [0.717, 1.165) is 23.3 Å². The lowest BCUT2D eigenvalue weighted by molar-refractivity contribution is 0.633. The lowest BCUT2D eigenvalue weighted by atomic mass is 10.2. The summed E-state index contributed by atoms with van der Waals surface area (Å²) in [6.45, 7) is 3.05. The van der Waals surface area contributed by atoms with Crippen molar-refractivity contribution in [1.82, 2.24) is 9.55 Å². The summed E-state index contributed by atoms with van der Waals surface area (Å²) in [5.41, 5.74) is 6.18. The molecule has 0 saturated heterocycles. The van der Waals surface area contributed by atoms with Crippen molar-refractivity contribution in [2.24, 2.45) is 5.73 Å². The molecule has 5 heteroatoms. The van der Waals surface area contributed by atoms with Gasteiger partial charge in [0.1, 0.15) is 5.82 Å². The molecule has 2 aromatic heterocycles. The van der Waals surface area contributed by atoms with Gasteiger partial charge in [0.25, 0.3) is 0 Å². The van der Waals surface area contributed by atoms with Crippen molar-refractivity contribution in [2.75, 3.05) is 0 Å². The Morgan fingerprint density at radius 1 is 1.62 bits per heavy atom. The summed E-state index contributed by atoms with van der Waals surface area (Å²) in [5.74, 6) is 1.05. The van der Waals surface area contributed by atoms with Crippen LogP contribution in [0.4, 0.5) is 0 Å². The zero-order valence-electron chi connectivity index (χ0n) is 9.06. The van der Waals surface area contributed by atoms with Crippen molar-refractivity contribution in [2.45, 2.75) is 25.9 Å². The summed E-state index contributed by atoms with van der Waals surface area (Å²) in [5, 5.41) is 2.05. The van der Waals surface area contributed by atoms with Gasteiger partial charge in [0.05, 0.1) is 0 Å². The molecule has 1 atom stereocenters. The lowest BCUT2D eigenvalue weighted by Crippen LogP contribution is -2.15. The summed E-state index contributed by atoms with van der Waals surface area (Å²) in [4.78, 5) is 5.52. The van der Waals surface area contributed by atoms with E-state index in [1.165, 1.54) is 4.88 Å². The van der Waals surface area contributed by atoms with Crippen LogP contribution in [-0.4, -0.2) is 9.55 Å². The summed E-state index contributed by atoms with van der Waals surface area (Å²) >= 11 is 5.19. The van der Waals surface area contributed by atoms with Crippen LogP contribution in [0.3, 0.4) is 0 Å². The first kappa shape index (κ1) is 11.8. The van der Waals surface area contributed by atoms with Crippen LogP contribution in [0.2, 0.25) is 0 Å². The fourth-order valence-corrected chi connectivity index (χ4v) is 3.35. The molecule has 1 unspecified atom stereocenters. The van der Waals surface area contributed by atoms with Crippen LogP contribution >= 0.6 is 27.3 Å². The molecule has 0 bridgehead atoms. The van der Waals surface area contributed by atoms with Crippen molar-refractivity contribution in [1.29, 1.82) is 0 Å². The third-order valence-electron chi connectivity index (χ3n) is 2.53. The number of hydrogen-bond donors (Lipinski definition) is 1. The second-order valence-electron chi connectivity index (χ2n) is 3.57. The molecule has 0 amide bonds. The summed E-state index contributed by atoms with van der Waals surface area (Å²) < 4.78 is 3.22. The van der Waals surface area contributed by atoms with Gasteiger partial charge in [-0.15, -0.1) is 11.3 Å². The largest absolute Gasteiger partial charge is 0.335 e. The molecule has 3 nitrogen and oxygen atoms in total. The molecule has 0 aliphatic rings. The lowest BCUT2D eigenvalue weighted by Gasteiger charge is -2.11. The van der Waals surface area contributed by atoms with Gasteiger partial charge in [-0.1, -0.05) is 0 Å². The monoisotopic (exact) mass is 299 g/mol. The van der Waals surface area contributed by atoms with Crippen LogP contribution in [0.15, 0.2) is 28.3 Å². The van der Waals surface area contributed by atoms with E-state index in [2.05, 4.69) is 32.4 Å². The van der Waals surface area contributed by atoms with Gasteiger partial charge < -0.3 is 10.3 Å². The highest BCUT2D eigenvalue weighted by atomic mass is 79.9. The van der Waals surface area contributed by atoms with Crippen LogP contribution in [0.1, 0.15) is 23.7 Å². The fourth-order valence-electron chi connectivity index (χ4n) is 1.68. The number of thiophene rings is 1. The third-order valence-corrected chi connectivity index (χ3v) is 4.53. The van der Waals surface area contributed by atoms with Crippen molar-refractivity contribution in [3.05, 3.63) is 39.0 Å². The van der Waals surface area contributed by atoms with E-state index in [1.807, 2.05) is 23.8 Å². The number of aromatic nitrogens is 2. The Kier molecular flexibility index (Phi) is 3.78. The normalized spacial score (nSPS) is 12.9. The Bertz CT molecular complexity index is 463. The van der Waals surface area contributed by atoms with Crippen molar-refractivity contribution in [3.63, 3.8) is 0 Å². The number of imidazole rings is 1. The maximum Gasteiger partial charge on any atom is 0.110 e. The van der Waals surface area contributed by atoms with Gasteiger partial charge in [-0.2, -0.15) is 0 Å². The number of halogens is 1. The molecule has 0 aliphatic heterocycles. The van der Waals surface area contributed by atoms with Gasteiger partial charge in [0.15, 0.2) is 0 Å². The van der Waals surface area contributed by atoms with E-state index in [1.54, 1.807) is 11.3 Å². The molecule has 16 heavy (non-hydrogen) atoms. The average molecular weight is 300 g/mol. The number of nitrogens with zero attached hydrogens (tertiary/aromatic N) is 2. The van der Waals surface area contributed by atoms with Crippen LogP contribution in [0.25, 0.3) is 0 Å². The molecule has 0 aromatic carbocycles. The molecule has 0 fully saturated rings. The first-order chi connectivity index (χ1) is 7.72. The Morgan fingerprint density at radius 2 is 2.44 bits per heavy atom. The van der Waals surface area contributed by atoms with Crippen LogP contribution in [0.5, 0.6) is 0 Å². The second-order valence-corrected chi connectivity index (χ2v) is 5.37. The first-order valence-electron chi connectivity index (χ1n) is 5.20. The summed E-state index contributed by atoms with van der Waals surface area (Å²) in [6.07, 6.45) is 4.60. The second kappa shape index (κ2) is 5.12. The predicted molar refractivity (Wildman–Crippen MR) is 70.6 cm³/mol. The number of nitrogens with two attached hydrogens (primary N) is 1. The molecule has 0 spiro atoms. The molecule has 2 rings (SSSR count). The molecule has 0 aliphatic carbocycles. The zero-order valence-corrected chi connectivity index (χ0v) is 11.5. The van der Waals surface area contributed by atoms with Crippen molar-refractivity contribution >= 4 is 27.3 Å². The molecular formula is C11H14BrN3S. The zero-order chi connectivity index (χ0) is 11.5. The molecule has 86 valence electrons. The van der Waals surface area contributed by atoms with E-state index in [9.17, 15) is 0 Å². The first-order valence-corrected chi connectivity index (χ1v) is 6.88. The summed E-state index contributed by atoms with van der Waals surface area (Å²) in [7, 11) is 0. The van der Waals surface area contributed by atoms with Gasteiger partial charge in [0, 0.05) is 40.8 Å². The maximum absolute atomic E-state index is 6.18. The van der Waals surface area contributed by atoms with E-state index in [4.69, 9.17) is 5.73 Å². The quantitative estimate of drug-likeness (QED) is 0.943. The van der Waals surface area contributed by atoms with Gasteiger partial charge >= 0.3 is 0 Å². The number of hydrogen-bond acceptors (Lipinski definition) is 3. The van der Waals surface area contributed by atoms with E-state index in [0.29, 0.717) is 0 Å². The smallest absolute Gasteiger partial charge is 0.110 e. The SMILES string of the molecule is CCn1ccnc1CC(N)c1sccc1Br. The van der Waals surface area contributed by atoms with E-state index < -0.39 is 0 Å². The highest BCUT2D eigenvalue weighted by Gasteiger charge is 2.14. The third kappa shape index (κ3) is 2.36. The Morgan fingerprint density at radius 3 is 3.06 bits per heavy atom. The van der Waals surface area contributed by atoms with Crippen molar-refractivity contribution < 1.29 is 0 Å². The van der Waals surface area contributed by atoms with Gasteiger partial charge in [0.2, 0.25) is 0 Å². The minimum absolute atomic E-state index is 0.0158. The van der Waals surface area contributed by atoms with Crippen LogP contribution < -0.4 is 5.73 Å². The van der Waals surface area contributed by atoms with E-state index >= 15 is 0 Å². The highest BCUT2D eigenvalue weighted by Crippen LogP contribution is 2.29. The topological polar surface area (TPSA) is 43.8 Å². The Balaban J connectivity index is 2.13. The molecule has 0 saturated carbocycles. The van der Waals surface area contributed by atoms with Crippen molar-refractivity contribution in [3.8, 4) is 0 Å². The summed E-state index contributed by atoms with van der Waals surface area (Å²) in [6, 6.07) is 2.05. The van der Waals surface area contributed by atoms with Gasteiger partial charge in [-0.05, 0) is 34.3 Å². The minimum atomic E-state index is 0.0158. The Labute approximate surface area is 107 Å². The number of aryl methyl sites for hydroxylation is 1. The average Bonchev–Trinajstić information content (AvgIpc) is 2.86. The van der Waals surface area contributed by atoms with E-state index in [-0.39, 0.29) is 6.04 Å². The predicted octanol–water partition coefficient (Wildman–Crippen LogP) is 2.97. The number of rotatable bonds is 4. The van der Waals surface area contributed by atoms with Crippen LogP contribution in [0, 0.1) is 0 Å². The van der Waals surface area contributed by atoms with Crippen LogP contribution in [-0.2, 0) is 13.0 Å². The molecule has 0 radical (unpaired) electrons. The molecule has 2 N–H and O–H groups in total. The molecule has 2 aromatic rings. The maximum atomic E-state index is 6.18. The standard InChI is InChI=1S/C11H14BrN3S/c1-2-15-5-4-14-10(15)7-9(13)11-8(12)3-6-16-11/h3-6,9H,2,7,13H2,1H3. The molecular weight excluding hydrogens is 286 g/mol. The van der Waals surface area contributed by atoms with Gasteiger partial charge in [-0.3, -0.25) is 0 Å².